The van der Waals surface area contributed by atoms with E-state index in [1.54, 1.807) is 6.33 Å². The summed E-state index contributed by atoms with van der Waals surface area (Å²) in [5.74, 6) is 1.06. The van der Waals surface area contributed by atoms with Gasteiger partial charge in [0.05, 0.1) is 6.54 Å². The van der Waals surface area contributed by atoms with Crippen molar-refractivity contribution < 1.29 is 4.79 Å². The predicted octanol–water partition coefficient (Wildman–Crippen LogP) is 2.25. The van der Waals surface area contributed by atoms with Crippen LogP contribution in [0.15, 0.2) is 36.7 Å². The minimum atomic E-state index is 0.0651. The highest BCUT2D eigenvalue weighted by Gasteiger charge is 2.45. The van der Waals surface area contributed by atoms with Crippen LogP contribution in [-0.2, 0) is 11.2 Å². The molecule has 1 aromatic carbocycles. The van der Waals surface area contributed by atoms with Crippen molar-refractivity contribution in [3.63, 3.8) is 0 Å². The highest BCUT2D eigenvalue weighted by atomic mass is 16.2. The van der Waals surface area contributed by atoms with Crippen LogP contribution in [0.2, 0.25) is 0 Å². The summed E-state index contributed by atoms with van der Waals surface area (Å²) in [5.41, 5.74) is 3.14. The number of nitrogens with zero attached hydrogens (tertiary/aromatic N) is 4. The van der Waals surface area contributed by atoms with Crippen molar-refractivity contribution in [2.75, 3.05) is 29.9 Å². The molecule has 136 valence electrons. The lowest BCUT2D eigenvalue weighted by Crippen LogP contribution is -2.69. The molecule has 0 aliphatic carbocycles. The van der Waals surface area contributed by atoms with E-state index >= 15 is 0 Å². The summed E-state index contributed by atoms with van der Waals surface area (Å²) >= 11 is 0. The Balaban J connectivity index is 1.32. The number of anilines is 2. The molecule has 6 nitrogen and oxygen atoms in total. The molecule has 2 aromatic rings. The van der Waals surface area contributed by atoms with Gasteiger partial charge in [0.1, 0.15) is 12.1 Å². The van der Waals surface area contributed by atoms with Crippen molar-refractivity contribution in [3.05, 3.63) is 47.9 Å². The quantitative estimate of drug-likeness (QED) is 0.895. The number of hydrogen-bond donors (Lipinski definition) is 1. The number of benzene rings is 1. The van der Waals surface area contributed by atoms with Crippen LogP contribution < -0.4 is 10.2 Å². The molecule has 1 aromatic heterocycles. The van der Waals surface area contributed by atoms with Crippen LogP contribution in [0.25, 0.3) is 0 Å². The third-order valence-electron chi connectivity index (χ3n) is 5.43. The second-order valence-corrected chi connectivity index (χ2v) is 7.24. The lowest BCUT2D eigenvalue weighted by Gasteiger charge is -2.56. The number of nitrogens with one attached hydrogen (secondary N) is 1. The number of hydrogen-bond acceptors (Lipinski definition) is 5. The third-order valence-corrected chi connectivity index (χ3v) is 5.43. The van der Waals surface area contributed by atoms with E-state index in [4.69, 9.17) is 0 Å². The van der Waals surface area contributed by atoms with Crippen LogP contribution in [0.5, 0.6) is 0 Å². The number of amides is 1. The monoisotopic (exact) mass is 351 g/mol. The first-order valence-electron chi connectivity index (χ1n) is 9.30. The number of piperazine rings is 1. The maximum Gasteiger partial charge on any atom is 0.238 e. The summed E-state index contributed by atoms with van der Waals surface area (Å²) in [4.78, 5) is 25.6. The molecule has 2 atom stereocenters. The first kappa shape index (κ1) is 17.0. The first-order chi connectivity index (χ1) is 12.6. The van der Waals surface area contributed by atoms with Crippen LogP contribution >= 0.6 is 0 Å². The van der Waals surface area contributed by atoms with Gasteiger partial charge in [-0.05, 0) is 37.5 Å². The highest BCUT2D eigenvalue weighted by molar-refractivity contribution is 5.92. The predicted molar refractivity (Wildman–Crippen MR) is 102 cm³/mol. The molecule has 3 saturated heterocycles. The average Bonchev–Trinajstić information content (AvgIpc) is 2.67. The molecular weight excluding hydrogens is 326 g/mol. The summed E-state index contributed by atoms with van der Waals surface area (Å²) in [7, 11) is 0. The van der Waals surface area contributed by atoms with Gasteiger partial charge in [-0.15, -0.1) is 0 Å². The minimum Gasteiger partial charge on any atom is -0.353 e. The van der Waals surface area contributed by atoms with Crippen LogP contribution in [0.3, 0.4) is 0 Å². The van der Waals surface area contributed by atoms with Gasteiger partial charge in [-0.25, -0.2) is 9.97 Å². The largest absolute Gasteiger partial charge is 0.353 e. The van der Waals surface area contributed by atoms with Crippen molar-refractivity contribution >= 4 is 17.4 Å². The minimum absolute atomic E-state index is 0.0651. The third kappa shape index (κ3) is 3.42. The van der Waals surface area contributed by atoms with E-state index in [2.05, 4.69) is 44.1 Å². The standard InChI is InChI=1S/C20H25N5O/c1-3-15-4-6-16(7-5-15)23-20(26)12-25-17-9-18(25)11-24(10-17)19-8-14(2)21-13-22-19/h4-8,13,17-18H,3,9-12H2,1-2H3,(H,23,26). The van der Waals surface area contributed by atoms with Gasteiger partial charge in [-0.3, -0.25) is 9.69 Å². The maximum absolute atomic E-state index is 12.4. The van der Waals surface area contributed by atoms with E-state index in [1.807, 2.05) is 25.1 Å². The van der Waals surface area contributed by atoms with Crippen LogP contribution in [0.1, 0.15) is 24.6 Å². The molecule has 3 fully saturated rings. The molecular formula is C20H25N5O. The van der Waals surface area contributed by atoms with Gasteiger partial charge < -0.3 is 10.2 Å². The van der Waals surface area contributed by atoms with Crippen molar-refractivity contribution in [2.24, 2.45) is 0 Å². The fourth-order valence-electron chi connectivity index (χ4n) is 3.94. The van der Waals surface area contributed by atoms with E-state index in [0.717, 1.165) is 36.7 Å². The molecule has 5 rings (SSSR count). The summed E-state index contributed by atoms with van der Waals surface area (Å²) in [6, 6.07) is 11.0. The molecule has 26 heavy (non-hydrogen) atoms. The molecule has 4 heterocycles. The second-order valence-electron chi connectivity index (χ2n) is 7.24. The molecule has 1 N–H and O–H groups in total. The lowest BCUT2D eigenvalue weighted by atomic mass is 9.87. The van der Waals surface area contributed by atoms with Crippen molar-refractivity contribution in [2.45, 2.75) is 38.8 Å². The van der Waals surface area contributed by atoms with Gasteiger partial charge >= 0.3 is 0 Å². The summed E-state index contributed by atoms with van der Waals surface area (Å²) < 4.78 is 0. The van der Waals surface area contributed by atoms with Crippen molar-refractivity contribution in [1.29, 1.82) is 0 Å². The second kappa shape index (κ2) is 7.03. The van der Waals surface area contributed by atoms with Gasteiger partial charge in [0.25, 0.3) is 0 Å². The molecule has 2 bridgehead atoms. The zero-order valence-corrected chi connectivity index (χ0v) is 15.4. The molecule has 0 radical (unpaired) electrons. The molecule has 0 saturated carbocycles. The topological polar surface area (TPSA) is 61.4 Å². The normalized spacial score (nSPS) is 22.0. The Hall–Kier alpha value is -2.47. The Labute approximate surface area is 154 Å². The van der Waals surface area contributed by atoms with Gasteiger partial charge in [0, 0.05) is 42.6 Å². The van der Waals surface area contributed by atoms with Gasteiger partial charge in [0.15, 0.2) is 0 Å². The zero-order chi connectivity index (χ0) is 18.1. The fourth-order valence-corrected chi connectivity index (χ4v) is 3.94. The Morgan fingerprint density at radius 3 is 2.58 bits per heavy atom. The smallest absolute Gasteiger partial charge is 0.238 e. The average molecular weight is 351 g/mol. The first-order valence-corrected chi connectivity index (χ1v) is 9.30. The SMILES string of the molecule is CCc1ccc(NC(=O)CN2C3CC2CN(c2cc(C)ncn2)C3)cc1. The molecule has 2 unspecified atom stereocenters. The zero-order valence-electron chi connectivity index (χ0n) is 15.4. The Morgan fingerprint density at radius 2 is 1.92 bits per heavy atom. The van der Waals surface area contributed by atoms with Crippen molar-refractivity contribution in [3.8, 4) is 0 Å². The van der Waals surface area contributed by atoms with Gasteiger partial charge in [0.2, 0.25) is 5.91 Å². The number of aryl methyl sites for hydroxylation is 2. The van der Waals surface area contributed by atoms with E-state index < -0.39 is 0 Å². The number of fused-ring (bicyclic) bond motifs is 2. The van der Waals surface area contributed by atoms with Gasteiger partial charge in [-0.1, -0.05) is 19.1 Å². The summed E-state index contributed by atoms with van der Waals surface area (Å²) in [6.45, 7) is 6.42. The van der Waals surface area contributed by atoms with Crippen LogP contribution in [0.4, 0.5) is 11.5 Å². The number of piperidine rings is 1. The number of carbonyl (C=O) groups is 1. The molecule has 6 heteroatoms. The van der Waals surface area contributed by atoms with E-state index in [1.165, 1.54) is 12.0 Å². The number of carbonyl (C=O) groups excluding carboxylic acids is 1. The van der Waals surface area contributed by atoms with E-state index in [0.29, 0.717) is 18.6 Å². The summed E-state index contributed by atoms with van der Waals surface area (Å²) in [6.07, 6.45) is 3.80. The Bertz CT molecular complexity index is 779. The Kier molecular flexibility index (Phi) is 4.59. The van der Waals surface area contributed by atoms with E-state index in [9.17, 15) is 4.79 Å². The van der Waals surface area contributed by atoms with Crippen molar-refractivity contribution in [1.82, 2.24) is 14.9 Å². The molecule has 1 amide bonds. The lowest BCUT2D eigenvalue weighted by molar-refractivity contribution is -0.121. The summed E-state index contributed by atoms with van der Waals surface area (Å²) in [5, 5.41) is 3.02. The Morgan fingerprint density at radius 1 is 1.19 bits per heavy atom. The fraction of sp³-hybridized carbons (Fsp3) is 0.450. The highest BCUT2D eigenvalue weighted by Crippen LogP contribution is 2.33. The van der Waals surface area contributed by atoms with Crippen LogP contribution in [-0.4, -0.2) is 52.5 Å². The molecule has 3 aliphatic heterocycles. The maximum atomic E-state index is 12.4. The van der Waals surface area contributed by atoms with E-state index in [-0.39, 0.29) is 5.91 Å². The number of rotatable bonds is 5. The van der Waals surface area contributed by atoms with Gasteiger partial charge in [-0.2, -0.15) is 0 Å². The van der Waals surface area contributed by atoms with Crippen LogP contribution in [0, 0.1) is 6.92 Å². The molecule has 0 spiro atoms. The molecule has 3 aliphatic rings. The number of aromatic nitrogens is 2.